The predicted octanol–water partition coefficient (Wildman–Crippen LogP) is 4.95. The fourth-order valence-electron chi connectivity index (χ4n) is 3.38. The molecule has 2 aliphatic heterocycles. The maximum absolute atomic E-state index is 6.22. The summed E-state index contributed by atoms with van der Waals surface area (Å²) in [4.78, 5) is 7.43. The monoisotopic (exact) mass is 316 g/mol. The highest BCUT2D eigenvalue weighted by Crippen LogP contribution is 2.53. The predicted molar refractivity (Wildman–Crippen MR) is 90.1 cm³/mol. The Morgan fingerprint density at radius 2 is 2.05 bits per heavy atom. The fourth-order valence-corrected chi connectivity index (χ4v) is 4.67. The maximum atomic E-state index is 6.22. The van der Waals surface area contributed by atoms with E-state index in [2.05, 4.69) is 54.2 Å². The third-order valence-electron chi connectivity index (χ3n) is 4.34. The average Bonchev–Trinajstić information content (AvgIpc) is 2.48. The first-order chi connectivity index (χ1) is 10.1. The van der Waals surface area contributed by atoms with Gasteiger partial charge in [0.05, 0.1) is 11.4 Å². The second-order valence-corrected chi connectivity index (χ2v) is 7.35. The van der Waals surface area contributed by atoms with Gasteiger partial charge in [0, 0.05) is 27.4 Å². The molecule has 2 heterocycles. The van der Waals surface area contributed by atoms with Crippen LogP contribution in [0.3, 0.4) is 0 Å². The van der Waals surface area contributed by atoms with Crippen molar-refractivity contribution in [3.63, 3.8) is 0 Å². The van der Waals surface area contributed by atoms with Crippen LogP contribution in [0, 0.1) is 0 Å². The number of hydrogen-bond donors (Lipinski definition) is 0. The number of anilines is 2. The summed E-state index contributed by atoms with van der Waals surface area (Å²) >= 11 is 8.07. The molecule has 2 aromatic rings. The van der Waals surface area contributed by atoms with Crippen LogP contribution in [-0.2, 0) is 0 Å². The minimum Gasteiger partial charge on any atom is -0.339 e. The van der Waals surface area contributed by atoms with Crippen molar-refractivity contribution in [2.24, 2.45) is 0 Å². The van der Waals surface area contributed by atoms with Gasteiger partial charge < -0.3 is 9.80 Å². The Morgan fingerprint density at radius 3 is 2.86 bits per heavy atom. The molecule has 4 rings (SSSR count). The average molecular weight is 317 g/mol. The van der Waals surface area contributed by atoms with Gasteiger partial charge in [-0.2, -0.15) is 0 Å². The summed E-state index contributed by atoms with van der Waals surface area (Å²) in [6.45, 7) is 1.04. The molecule has 0 aliphatic carbocycles. The Kier molecular flexibility index (Phi) is 3.18. The lowest BCUT2D eigenvalue weighted by molar-refractivity contribution is 0.280. The lowest BCUT2D eigenvalue weighted by Crippen LogP contribution is -2.34. The molecule has 1 unspecified atom stereocenters. The topological polar surface area (TPSA) is 6.48 Å². The fraction of sp³-hybridized carbons (Fsp3) is 0.294. The Labute approximate surface area is 134 Å². The molecular weight excluding hydrogens is 300 g/mol. The molecule has 0 fully saturated rings. The van der Waals surface area contributed by atoms with Gasteiger partial charge in [0.2, 0.25) is 0 Å². The van der Waals surface area contributed by atoms with Crippen LogP contribution in [0.1, 0.15) is 18.0 Å². The van der Waals surface area contributed by atoms with Crippen molar-refractivity contribution >= 4 is 34.7 Å². The normalized spacial score (nSPS) is 19.4. The van der Waals surface area contributed by atoms with E-state index in [4.69, 9.17) is 11.6 Å². The molecule has 21 heavy (non-hydrogen) atoms. The Morgan fingerprint density at radius 1 is 1.19 bits per heavy atom. The largest absolute Gasteiger partial charge is 0.339 e. The van der Waals surface area contributed by atoms with E-state index in [0.717, 1.165) is 18.0 Å². The summed E-state index contributed by atoms with van der Waals surface area (Å²) in [5.41, 5.74) is 4.06. The van der Waals surface area contributed by atoms with Gasteiger partial charge in [0.15, 0.2) is 0 Å². The molecule has 2 aliphatic rings. The van der Waals surface area contributed by atoms with E-state index < -0.39 is 0 Å². The van der Waals surface area contributed by atoms with Crippen molar-refractivity contribution in [2.75, 3.05) is 25.5 Å². The zero-order chi connectivity index (χ0) is 14.6. The summed E-state index contributed by atoms with van der Waals surface area (Å²) in [6.07, 6.45) is 1.14. The molecule has 2 aromatic carbocycles. The van der Waals surface area contributed by atoms with Crippen molar-refractivity contribution in [1.29, 1.82) is 0 Å². The summed E-state index contributed by atoms with van der Waals surface area (Å²) in [5.74, 6) is 0. The Balaban J connectivity index is 1.91. The second-order valence-electron chi connectivity index (χ2n) is 5.83. The number of rotatable bonds is 1. The van der Waals surface area contributed by atoms with Gasteiger partial charge in [0.25, 0.3) is 0 Å². The molecule has 0 radical (unpaired) electrons. The van der Waals surface area contributed by atoms with E-state index in [9.17, 15) is 0 Å². The minimum absolute atomic E-state index is 0.498. The molecule has 0 saturated heterocycles. The number of benzene rings is 2. The lowest BCUT2D eigenvalue weighted by Gasteiger charge is -2.42. The van der Waals surface area contributed by atoms with E-state index >= 15 is 0 Å². The summed E-state index contributed by atoms with van der Waals surface area (Å²) in [5, 5.41) is 0.810. The first kappa shape index (κ1) is 13.5. The molecule has 2 nitrogen and oxygen atoms in total. The smallest absolute Gasteiger partial charge is 0.0601 e. The molecule has 0 bridgehead atoms. The van der Waals surface area contributed by atoms with Crippen molar-refractivity contribution < 1.29 is 0 Å². The Hall–Kier alpha value is -1.16. The molecular formula is C17H17ClN2S. The van der Waals surface area contributed by atoms with Crippen LogP contribution in [0.5, 0.6) is 0 Å². The SMILES string of the molecule is CN(C)C1CCN2c3cc(Cl)ccc3Sc3cccc1c32. The van der Waals surface area contributed by atoms with Gasteiger partial charge in [-0.3, -0.25) is 0 Å². The lowest BCUT2D eigenvalue weighted by atomic mass is 9.94. The van der Waals surface area contributed by atoms with Crippen LogP contribution in [0.2, 0.25) is 5.02 Å². The van der Waals surface area contributed by atoms with E-state index in [1.54, 1.807) is 0 Å². The maximum Gasteiger partial charge on any atom is 0.0601 e. The molecule has 4 heteroatoms. The molecule has 0 spiro atoms. The number of fused-ring (bicyclic) bond motifs is 2. The van der Waals surface area contributed by atoms with E-state index in [1.165, 1.54) is 26.7 Å². The van der Waals surface area contributed by atoms with Crippen molar-refractivity contribution in [3.8, 4) is 0 Å². The number of nitrogens with zero attached hydrogens (tertiary/aromatic N) is 2. The zero-order valence-corrected chi connectivity index (χ0v) is 13.7. The zero-order valence-electron chi connectivity index (χ0n) is 12.1. The summed E-state index contributed by atoms with van der Waals surface area (Å²) in [6, 6.07) is 13.4. The highest BCUT2D eigenvalue weighted by Gasteiger charge is 2.33. The van der Waals surface area contributed by atoms with Crippen LogP contribution >= 0.6 is 23.4 Å². The molecule has 0 amide bonds. The number of hydrogen-bond acceptors (Lipinski definition) is 3. The van der Waals surface area contributed by atoms with Crippen LogP contribution < -0.4 is 4.90 Å². The van der Waals surface area contributed by atoms with Gasteiger partial charge in [-0.25, -0.2) is 0 Å². The van der Waals surface area contributed by atoms with Gasteiger partial charge in [0.1, 0.15) is 0 Å². The minimum atomic E-state index is 0.498. The molecule has 1 atom stereocenters. The van der Waals surface area contributed by atoms with E-state index in [-0.39, 0.29) is 0 Å². The summed E-state index contributed by atoms with van der Waals surface area (Å²) < 4.78 is 0. The van der Waals surface area contributed by atoms with E-state index in [0.29, 0.717) is 6.04 Å². The molecule has 0 N–H and O–H groups in total. The van der Waals surface area contributed by atoms with Gasteiger partial charge in [-0.1, -0.05) is 35.5 Å². The summed E-state index contributed by atoms with van der Waals surface area (Å²) in [7, 11) is 4.33. The van der Waals surface area contributed by atoms with Crippen LogP contribution in [0.15, 0.2) is 46.2 Å². The van der Waals surface area contributed by atoms with Crippen molar-refractivity contribution in [1.82, 2.24) is 4.90 Å². The van der Waals surface area contributed by atoms with E-state index in [1.807, 2.05) is 17.8 Å². The number of halogens is 1. The van der Waals surface area contributed by atoms with Crippen LogP contribution in [0.4, 0.5) is 11.4 Å². The van der Waals surface area contributed by atoms with Gasteiger partial charge >= 0.3 is 0 Å². The first-order valence-electron chi connectivity index (χ1n) is 7.19. The van der Waals surface area contributed by atoms with Gasteiger partial charge in [-0.05, 0) is 50.3 Å². The first-order valence-corrected chi connectivity index (χ1v) is 8.39. The van der Waals surface area contributed by atoms with Crippen molar-refractivity contribution in [3.05, 3.63) is 47.0 Å². The van der Waals surface area contributed by atoms with Crippen LogP contribution in [0.25, 0.3) is 0 Å². The second kappa shape index (κ2) is 4.94. The molecule has 0 saturated carbocycles. The third kappa shape index (κ3) is 2.07. The Bertz CT molecular complexity index is 714. The standard InChI is InChI=1S/C17H17ClN2S/c1-19(2)13-8-9-20-14-10-11(18)6-7-15(14)21-16-5-3-4-12(13)17(16)20/h3-7,10,13H,8-9H2,1-2H3. The molecule has 108 valence electrons. The highest BCUT2D eigenvalue weighted by atomic mass is 35.5. The van der Waals surface area contributed by atoms with Crippen LogP contribution in [-0.4, -0.2) is 25.5 Å². The molecule has 0 aromatic heterocycles. The van der Waals surface area contributed by atoms with Crippen molar-refractivity contribution in [2.45, 2.75) is 22.3 Å². The quantitative estimate of drug-likeness (QED) is 0.735. The van der Waals surface area contributed by atoms with Gasteiger partial charge in [-0.15, -0.1) is 0 Å². The third-order valence-corrected chi connectivity index (χ3v) is 5.69. The highest BCUT2D eigenvalue weighted by molar-refractivity contribution is 7.99. The number of para-hydroxylation sites is 1.